The van der Waals surface area contributed by atoms with Crippen LogP contribution in [0.25, 0.3) is 11.0 Å². The molecule has 172 valence electrons. The number of rotatable bonds is 4. The Hall–Kier alpha value is -3.49. The Labute approximate surface area is 202 Å². The molecule has 1 amide bonds. The van der Waals surface area contributed by atoms with E-state index < -0.39 is 10.0 Å². The van der Waals surface area contributed by atoms with E-state index in [9.17, 15) is 13.2 Å². The molecule has 34 heavy (non-hydrogen) atoms. The van der Waals surface area contributed by atoms with Gasteiger partial charge in [0.1, 0.15) is 10.4 Å². The Morgan fingerprint density at radius 3 is 2.62 bits per heavy atom. The van der Waals surface area contributed by atoms with Crippen LogP contribution in [0.15, 0.2) is 78.0 Å². The van der Waals surface area contributed by atoms with Crippen LogP contribution in [0.4, 0.5) is 5.69 Å². The molecule has 2 heterocycles. The van der Waals surface area contributed by atoms with Crippen LogP contribution in [0.5, 0.6) is 0 Å². The third-order valence-electron chi connectivity index (χ3n) is 5.85. The quantitative estimate of drug-likeness (QED) is 0.447. The summed E-state index contributed by atoms with van der Waals surface area (Å²) in [5.74, 6) is -0.260. The van der Waals surface area contributed by atoms with Gasteiger partial charge in [-0.15, -0.1) is 0 Å². The summed E-state index contributed by atoms with van der Waals surface area (Å²) in [5.41, 5.74) is 3.38. The maximum Gasteiger partial charge on any atom is 0.264 e. The number of hydrogen-bond acceptors (Lipinski definition) is 5. The van der Waals surface area contributed by atoms with Gasteiger partial charge in [-0.05, 0) is 54.3 Å². The van der Waals surface area contributed by atoms with Crippen molar-refractivity contribution in [2.45, 2.75) is 24.3 Å². The first-order valence-electron chi connectivity index (χ1n) is 10.8. The van der Waals surface area contributed by atoms with E-state index in [4.69, 9.17) is 11.6 Å². The summed E-state index contributed by atoms with van der Waals surface area (Å²) in [6, 6.07) is 17.4. The molecule has 7 nitrogen and oxygen atoms in total. The summed E-state index contributed by atoms with van der Waals surface area (Å²) in [4.78, 5) is 23.6. The summed E-state index contributed by atoms with van der Waals surface area (Å²) < 4.78 is 29.3. The summed E-state index contributed by atoms with van der Waals surface area (Å²) >= 11 is 6.19. The minimum absolute atomic E-state index is 0.0276. The van der Waals surface area contributed by atoms with Crippen LogP contribution in [0, 0.1) is 0 Å². The van der Waals surface area contributed by atoms with Gasteiger partial charge < -0.3 is 4.90 Å². The molecule has 1 aliphatic heterocycles. The lowest BCUT2D eigenvalue weighted by atomic mass is 10.0. The lowest BCUT2D eigenvalue weighted by Crippen LogP contribution is -2.31. The highest BCUT2D eigenvalue weighted by Gasteiger charge is 2.26. The van der Waals surface area contributed by atoms with E-state index in [0.717, 1.165) is 18.4 Å². The molecular weight excluding hydrogens is 472 g/mol. The van der Waals surface area contributed by atoms with Gasteiger partial charge in [0.15, 0.2) is 0 Å². The highest BCUT2D eigenvalue weighted by atomic mass is 35.5. The van der Waals surface area contributed by atoms with E-state index in [2.05, 4.69) is 20.8 Å². The standard InChI is InChI=1S/C25H21ClN4O3S/c26-19-10-11-20(25(31)30-14-4-7-17-5-1-2-6-18(17)16-30)22(15-19)29-34(32,33)23-9-3-8-21-24(23)28-13-12-27-21/h1-3,5-6,8-13,15,29H,4,7,14,16H2. The van der Waals surface area contributed by atoms with Crippen LogP contribution >= 0.6 is 11.6 Å². The number of carbonyl (C=O) groups excluding carboxylic acids is 1. The predicted octanol–water partition coefficient (Wildman–Crippen LogP) is 4.67. The normalized spacial score (nSPS) is 13.9. The highest BCUT2D eigenvalue weighted by molar-refractivity contribution is 7.93. The van der Waals surface area contributed by atoms with Gasteiger partial charge in [-0.1, -0.05) is 41.9 Å². The van der Waals surface area contributed by atoms with Crippen molar-refractivity contribution in [3.63, 3.8) is 0 Å². The first-order valence-corrected chi connectivity index (χ1v) is 12.7. The van der Waals surface area contributed by atoms with Crippen LogP contribution in [-0.4, -0.2) is 35.7 Å². The van der Waals surface area contributed by atoms with Crippen molar-refractivity contribution >= 4 is 44.3 Å². The molecule has 9 heteroatoms. The predicted molar refractivity (Wildman–Crippen MR) is 131 cm³/mol. The topological polar surface area (TPSA) is 92.3 Å². The molecule has 1 aliphatic rings. The minimum Gasteiger partial charge on any atom is -0.334 e. The summed E-state index contributed by atoms with van der Waals surface area (Å²) in [6.07, 6.45) is 4.65. The van der Waals surface area contributed by atoms with Gasteiger partial charge in [-0.2, -0.15) is 0 Å². The number of aromatic nitrogens is 2. The number of anilines is 1. The molecule has 0 fully saturated rings. The van der Waals surface area contributed by atoms with Crippen LogP contribution < -0.4 is 4.72 Å². The third-order valence-corrected chi connectivity index (χ3v) is 7.48. The zero-order valence-electron chi connectivity index (χ0n) is 18.1. The van der Waals surface area contributed by atoms with Crippen molar-refractivity contribution in [2.75, 3.05) is 11.3 Å². The van der Waals surface area contributed by atoms with E-state index >= 15 is 0 Å². The molecular formula is C25H21ClN4O3S. The molecule has 0 unspecified atom stereocenters. The average molecular weight is 493 g/mol. The number of benzene rings is 3. The average Bonchev–Trinajstić information content (AvgIpc) is 3.06. The second-order valence-corrected chi connectivity index (χ2v) is 10.2. The number of amides is 1. The first kappa shape index (κ1) is 22.3. The van der Waals surface area contributed by atoms with Crippen molar-refractivity contribution in [3.8, 4) is 0 Å². The van der Waals surface area contributed by atoms with Crippen molar-refractivity contribution < 1.29 is 13.2 Å². The largest absolute Gasteiger partial charge is 0.334 e. The van der Waals surface area contributed by atoms with Gasteiger partial charge in [0.25, 0.3) is 15.9 Å². The fourth-order valence-electron chi connectivity index (χ4n) is 4.21. The van der Waals surface area contributed by atoms with Gasteiger partial charge >= 0.3 is 0 Å². The van der Waals surface area contributed by atoms with E-state index in [1.807, 2.05) is 18.2 Å². The first-order chi connectivity index (χ1) is 16.4. The number of nitrogens with one attached hydrogen (secondary N) is 1. The Morgan fingerprint density at radius 2 is 1.76 bits per heavy atom. The molecule has 3 aromatic carbocycles. The zero-order chi connectivity index (χ0) is 23.7. The highest BCUT2D eigenvalue weighted by Crippen LogP contribution is 2.29. The number of aryl methyl sites for hydroxylation is 1. The Morgan fingerprint density at radius 1 is 0.971 bits per heavy atom. The van der Waals surface area contributed by atoms with Crippen molar-refractivity contribution in [1.29, 1.82) is 0 Å². The molecule has 0 atom stereocenters. The molecule has 4 aromatic rings. The monoisotopic (exact) mass is 492 g/mol. The lowest BCUT2D eigenvalue weighted by molar-refractivity contribution is 0.0747. The Kier molecular flexibility index (Phi) is 5.93. The van der Waals surface area contributed by atoms with E-state index in [0.29, 0.717) is 23.6 Å². The van der Waals surface area contributed by atoms with Gasteiger partial charge in [-0.25, -0.2) is 8.42 Å². The third kappa shape index (κ3) is 4.34. The number of fused-ring (bicyclic) bond motifs is 2. The number of hydrogen-bond donors (Lipinski definition) is 1. The SMILES string of the molecule is O=C(c1ccc(Cl)cc1NS(=O)(=O)c1cccc2nccnc12)N1CCCc2ccccc2C1. The Balaban J connectivity index is 1.50. The number of nitrogens with zero attached hydrogens (tertiary/aromatic N) is 3. The molecule has 0 radical (unpaired) electrons. The maximum atomic E-state index is 13.6. The van der Waals surface area contributed by atoms with Gasteiger partial charge in [0, 0.05) is 30.5 Å². The molecule has 0 bridgehead atoms. The Bertz CT molecular complexity index is 1500. The number of para-hydroxylation sites is 1. The fourth-order valence-corrected chi connectivity index (χ4v) is 5.62. The molecule has 0 spiro atoms. The van der Waals surface area contributed by atoms with Gasteiger partial charge in [0.05, 0.1) is 16.8 Å². The maximum absolute atomic E-state index is 13.6. The fraction of sp³-hybridized carbons (Fsp3) is 0.160. The molecule has 0 saturated heterocycles. The van der Waals surface area contributed by atoms with E-state index in [-0.39, 0.29) is 27.6 Å². The zero-order valence-corrected chi connectivity index (χ0v) is 19.7. The van der Waals surface area contributed by atoms with Crippen LogP contribution in [0.3, 0.4) is 0 Å². The van der Waals surface area contributed by atoms with Crippen molar-refractivity contribution in [3.05, 3.63) is 94.8 Å². The second kappa shape index (κ2) is 9.04. The van der Waals surface area contributed by atoms with Crippen LogP contribution in [-0.2, 0) is 23.0 Å². The smallest absolute Gasteiger partial charge is 0.264 e. The summed E-state index contributed by atoms with van der Waals surface area (Å²) in [5, 5.41) is 0.313. The number of carbonyl (C=O) groups is 1. The molecule has 1 aromatic heterocycles. The van der Waals surface area contributed by atoms with Crippen LogP contribution in [0.2, 0.25) is 5.02 Å². The number of halogens is 1. The van der Waals surface area contributed by atoms with E-state index in [1.54, 1.807) is 29.2 Å². The van der Waals surface area contributed by atoms with E-state index in [1.165, 1.54) is 30.1 Å². The van der Waals surface area contributed by atoms with Gasteiger partial charge in [-0.3, -0.25) is 19.5 Å². The molecule has 0 aliphatic carbocycles. The molecule has 5 rings (SSSR count). The van der Waals surface area contributed by atoms with Crippen LogP contribution in [0.1, 0.15) is 27.9 Å². The summed E-state index contributed by atoms with van der Waals surface area (Å²) in [7, 11) is -4.08. The van der Waals surface area contributed by atoms with Crippen molar-refractivity contribution in [2.24, 2.45) is 0 Å². The van der Waals surface area contributed by atoms with Gasteiger partial charge in [0.2, 0.25) is 0 Å². The molecule has 1 N–H and O–H groups in total. The second-order valence-electron chi connectivity index (χ2n) is 8.07. The molecule has 0 saturated carbocycles. The summed E-state index contributed by atoms with van der Waals surface area (Å²) in [6.45, 7) is 1.03. The number of sulfonamides is 1. The van der Waals surface area contributed by atoms with Crippen molar-refractivity contribution in [1.82, 2.24) is 14.9 Å². The lowest BCUT2D eigenvalue weighted by Gasteiger charge is -2.23. The minimum atomic E-state index is -4.08.